The van der Waals surface area contributed by atoms with Gasteiger partial charge in [0, 0.05) is 12.1 Å². The van der Waals surface area contributed by atoms with Gasteiger partial charge in [-0.15, -0.1) is 0 Å². The normalized spacial score (nSPS) is 11.3. The summed E-state index contributed by atoms with van der Waals surface area (Å²) in [5.74, 6) is -1.00. The number of fused-ring (bicyclic) bond motifs is 1. The summed E-state index contributed by atoms with van der Waals surface area (Å²) in [5, 5.41) is 13.4. The highest BCUT2D eigenvalue weighted by molar-refractivity contribution is 7.92. The predicted octanol–water partition coefficient (Wildman–Crippen LogP) is 2.63. The van der Waals surface area contributed by atoms with E-state index in [-0.39, 0.29) is 15.7 Å². The number of hydrogen-bond acceptors (Lipinski definition) is 8. The van der Waals surface area contributed by atoms with Gasteiger partial charge in [0.1, 0.15) is 11.5 Å². The quantitative estimate of drug-likeness (QED) is 0.491. The van der Waals surface area contributed by atoms with Crippen LogP contribution >= 0.6 is 11.3 Å². The Hall–Kier alpha value is -3.05. The van der Waals surface area contributed by atoms with Crippen LogP contribution in [-0.4, -0.2) is 37.1 Å². The number of aromatic nitrogens is 1. The van der Waals surface area contributed by atoms with Gasteiger partial charge in [0.05, 0.1) is 27.1 Å². The van der Waals surface area contributed by atoms with Crippen LogP contribution < -0.4 is 10.1 Å². The third-order valence-electron chi connectivity index (χ3n) is 3.57. The SMILES string of the molecule is COc1ccc(S(=O)(=O)CC(=O)Nc2nc3ccc([N+](=O)[O-])cc3s2)cc1. The van der Waals surface area contributed by atoms with Crippen molar-refractivity contribution >= 4 is 48.1 Å². The first-order valence-corrected chi connectivity index (χ1v) is 9.97. The summed E-state index contributed by atoms with van der Waals surface area (Å²) in [7, 11) is -2.37. The molecule has 140 valence electrons. The van der Waals surface area contributed by atoms with Crippen molar-refractivity contribution in [2.75, 3.05) is 18.2 Å². The minimum atomic E-state index is -3.83. The molecule has 1 amide bonds. The number of non-ortho nitro benzene ring substituents is 1. The van der Waals surface area contributed by atoms with Crippen molar-refractivity contribution in [3.8, 4) is 5.75 Å². The maximum Gasteiger partial charge on any atom is 0.270 e. The van der Waals surface area contributed by atoms with E-state index in [2.05, 4.69) is 10.3 Å². The molecule has 0 aliphatic rings. The number of nitro benzene ring substituents is 1. The number of hydrogen-bond donors (Lipinski definition) is 1. The van der Waals surface area contributed by atoms with Gasteiger partial charge >= 0.3 is 0 Å². The lowest BCUT2D eigenvalue weighted by Gasteiger charge is -2.05. The molecule has 1 aromatic heterocycles. The van der Waals surface area contributed by atoms with Crippen LogP contribution in [0.25, 0.3) is 10.2 Å². The number of amides is 1. The molecule has 0 atom stereocenters. The number of carbonyl (C=O) groups is 1. The van der Waals surface area contributed by atoms with Gasteiger partial charge in [-0.25, -0.2) is 13.4 Å². The van der Waals surface area contributed by atoms with Gasteiger partial charge in [0.25, 0.3) is 5.69 Å². The maximum atomic E-state index is 12.3. The number of methoxy groups -OCH3 is 1. The van der Waals surface area contributed by atoms with Gasteiger partial charge in [-0.2, -0.15) is 0 Å². The molecule has 3 aromatic rings. The number of sulfone groups is 1. The number of nitrogens with one attached hydrogen (secondary N) is 1. The summed E-state index contributed by atoms with van der Waals surface area (Å²) in [5.41, 5.74) is 0.380. The lowest BCUT2D eigenvalue weighted by atomic mass is 10.3. The molecule has 0 aliphatic heterocycles. The fourth-order valence-electron chi connectivity index (χ4n) is 2.27. The van der Waals surface area contributed by atoms with Gasteiger partial charge in [-0.05, 0) is 30.3 Å². The molecule has 0 bridgehead atoms. The molecule has 0 saturated carbocycles. The monoisotopic (exact) mass is 407 g/mol. The molecule has 2 aromatic carbocycles. The minimum Gasteiger partial charge on any atom is -0.497 e. The zero-order valence-electron chi connectivity index (χ0n) is 13.9. The van der Waals surface area contributed by atoms with E-state index < -0.39 is 26.4 Å². The van der Waals surface area contributed by atoms with Gasteiger partial charge in [-0.3, -0.25) is 14.9 Å². The highest BCUT2D eigenvalue weighted by Gasteiger charge is 2.20. The second-order valence-corrected chi connectivity index (χ2v) is 8.43. The Balaban J connectivity index is 1.74. The van der Waals surface area contributed by atoms with Gasteiger partial charge in [0.2, 0.25) is 5.91 Å². The molecule has 0 aliphatic carbocycles. The van der Waals surface area contributed by atoms with E-state index in [4.69, 9.17) is 4.74 Å². The number of rotatable bonds is 6. The van der Waals surface area contributed by atoms with Gasteiger partial charge in [0.15, 0.2) is 15.0 Å². The third kappa shape index (κ3) is 4.20. The zero-order chi connectivity index (χ0) is 19.6. The van der Waals surface area contributed by atoms with E-state index in [0.29, 0.717) is 16.0 Å². The van der Waals surface area contributed by atoms with E-state index in [1.807, 2.05) is 0 Å². The van der Waals surface area contributed by atoms with Crippen molar-refractivity contribution in [1.29, 1.82) is 0 Å². The van der Waals surface area contributed by atoms with Crippen LogP contribution in [0, 0.1) is 10.1 Å². The summed E-state index contributed by atoms with van der Waals surface area (Å²) >= 11 is 1.03. The average molecular weight is 407 g/mol. The Labute approximate surface area is 157 Å². The molecule has 0 unspecified atom stereocenters. The molecule has 3 rings (SSSR count). The molecule has 0 radical (unpaired) electrons. The van der Waals surface area contributed by atoms with Crippen molar-refractivity contribution in [3.05, 3.63) is 52.6 Å². The van der Waals surface area contributed by atoms with Crippen molar-refractivity contribution in [1.82, 2.24) is 4.98 Å². The molecule has 9 nitrogen and oxygen atoms in total. The molecule has 1 heterocycles. The average Bonchev–Trinajstić information content (AvgIpc) is 3.02. The van der Waals surface area contributed by atoms with E-state index >= 15 is 0 Å². The lowest BCUT2D eigenvalue weighted by molar-refractivity contribution is -0.384. The number of carbonyl (C=O) groups excluding carboxylic acids is 1. The van der Waals surface area contributed by atoms with E-state index in [1.165, 1.54) is 49.6 Å². The van der Waals surface area contributed by atoms with Crippen LogP contribution in [0.4, 0.5) is 10.8 Å². The Morgan fingerprint density at radius 2 is 1.96 bits per heavy atom. The Morgan fingerprint density at radius 1 is 1.26 bits per heavy atom. The first-order chi connectivity index (χ1) is 12.8. The molecule has 0 spiro atoms. The summed E-state index contributed by atoms with van der Waals surface area (Å²) in [6.45, 7) is 0. The number of anilines is 1. The van der Waals surface area contributed by atoms with Gasteiger partial charge < -0.3 is 10.1 Å². The Kier molecular flexibility index (Phi) is 5.06. The molecule has 0 fully saturated rings. The van der Waals surface area contributed by atoms with Crippen LogP contribution in [0.3, 0.4) is 0 Å². The van der Waals surface area contributed by atoms with Crippen molar-refractivity contribution < 1.29 is 22.9 Å². The van der Waals surface area contributed by atoms with E-state index in [9.17, 15) is 23.3 Å². The molecular formula is C16H13N3O6S2. The predicted molar refractivity (Wildman–Crippen MR) is 100.0 cm³/mol. The van der Waals surface area contributed by atoms with Crippen LogP contribution in [0.2, 0.25) is 0 Å². The Morgan fingerprint density at radius 3 is 2.59 bits per heavy atom. The fraction of sp³-hybridized carbons (Fsp3) is 0.125. The highest BCUT2D eigenvalue weighted by atomic mass is 32.2. The van der Waals surface area contributed by atoms with Crippen LogP contribution in [0.5, 0.6) is 5.75 Å². The maximum absolute atomic E-state index is 12.3. The van der Waals surface area contributed by atoms with Crippen molar-refractivity contribution in [2.24, 2.45) is 0 Å². The lowest BCUT2D eigenvalue weighted by Crippen LogP contribution is -2.22. The van der Waals surface area contributed by atoms with Gasteiger partial charge in [-0.1, -0.05) is 11.3 Å². The number of nitro groups is 1. The summed E-state index contributed by atoms with van der Waals surface area (Å²) in [4.78, 5) is 26.5. The van der Waals surface area contributed by atoms with Crippen LogP contribution in [-0.2, 0) is 14.6 Å². The second-order valence-electron chi connectivity index (χ2n) is 5.41. The summed E-state index contributed by atoms with van der Waals surface area (Å²) < 4.78 is 30.1. The van der Waals surface area contributed by atoms with E-state index in [0.717, 1.165) is 11.3 Å². The number of thiazole rings is 1. The smallest absolute Gasteiger partial charge is 0.270 e. The van der Waals surface area contributed by atoms with Crippen LogP contribution in [0.15, 0.2) is 47.4 Å². The zero-order valence-corrected chi connectivity index (χ0v) is 15.5. The van der Waals surface area contributed by atoms with Crippen molar-refractivity contribution in [3.63, 3.8) is 0 Å². The fourth-order valence-corrected chi connectivity index (χ4v) is 4.32. The first kappa shape index (κ1) is 18.7. The molecule has 11 heteroatoms. The summed E-state index contributed by atoms with van der Waals surface area (Å²) in [6.07, 6.45) is 0. The highest BCUT2D eigenvalue weighted by Crippen LogP contribution is 2.29. The van der Waals surface area contributed by atoms with Crippen molar-refractivity contribution in [2.45, 2.75) is 4.90 Å². The first-order valence-electron chi connectivity index (χ1n) is 7.50. The van der Waals surface area contributed by atoms with E-state index in [1.54, 1.807) is 0 Å². The number of ether oxygens (including phenoxy) is 1. The molecule has 27 heavy (non-hydrogen) atoms. The number of benzene rings is 2. The molecule has 1 N–H and O–H groups in total. The molecule has 0 saturated heterocycles. The van der Waals surface area contributed by atoms with Crippen LogP contribution in [0.1, 0.15) is 0 Å². The number of nitrogens with zero attached hydrogens (tertiary/aromatic N) is 2. The summed E-state index contributed by atoms with van der Waals surface area (Å²) in [6, 6.07) is 9.82. The second kappa shape index (κ2) is 7.29. The largest absolute Gasteiger partial charge is 0.497 e. The Bertz CT molecular complexity index is 1120. The standard InChI is InChI=1S/C16H13N3O6S2/c1-25-11-3-5-12(6-4-11)27(23,24)9-15(20)18-16-17-13-7-2-10(19(21)22)8-14(13)26-16/h2-8H,9H2,1H3,(H,17,18,20). The topological polar surface area (TPSA) is 128 Å². The molecular weight excluding hydrogens is 394 g/mol. The minimum absolute atomic E-state index is 0.00150. The third-order valence-corrected chi connectivity index (χ3v) is 6.14.